The molecule has 0 N–H and O–H groups in total. The number of nitrogens with zero attached hydrogens (tertiary/aromatic N) is 1. The molecule has 0 aromatic heterocycles. The summed E-state index contributed by atoms with van der Waals surface area (Å²) in [4.78, 5) is 12.2. The summed E-state index contributed by atoms with van der Waals surface area (Å²) in [6.07, 6.45) is 0. The van der Waals surface area contributed by atoms with Gasteiger partial charge < -0.3 is 14.2 Å². The first-order chi connectivity index (χ1) is 13.6. The van der Waals surface area contributed by atoms with Gasteiger partial charge in [-0.05, 0) is 49.2 Å². The lowest BCUT2D eigenvalue weighted by atomic mass is 10.2. The highest BCUT2D eigenvalue weighted by Gasteiger charge is 2.46. The van der Waals surface area contributed by atoms with Crippen molar-refractivity contribution < 1.29 is 27.4 Å². The van der Waals surface area contributed by atoms with Gasteiger partial charge in [-0.15, -0.1) is 0 Å². The van der Waals surface area contributed by atoms with Gasteiger partial charge >= 0.3 is 5.97 Å². The number of sulfonamides is 1. The highest BCUT2D eigenvalue weighted by Crippen LogP contribution is 2.27. The van der Waals surface area contributed by atoms with Crippen LogP contribution in [0.5, 0.6) is 11.5 Å². The van der Waals surface area contributed by atoms with Crippen LogP contribution in [0.15, 0.2) is 48.5 Å². The summed E-state index contributed by atoms with van der Waals surface area (Å²) in [6.45, 7) is 2.89. The predicted octanol–water partition coefficient (Wildman–Crippen LogP) is 2.99. The van der Waals surface area contributed by atoms with Crippen molar-refractivity contribution in [1.29, 1.82) is 0 Å². The largest absolute Gasteiger partial charge is 0.497 e. The van der Waals surface area contributed by atoms with Gasteiger partial charge in [0.2, 0.25) is 10.0 Å². The molecule has 0 aliphatic rings. The molecule has 2 aromatic carbocycles. The van der Waals surface area contributed by atoms with E-state index in [1.807, 2.05) is 0 Å². The van der Waals surface area contributed by atoms with Crippen LogP contribution in [0.25, 0.3) is 0 Å². The Labute approximate surface area is 172 Å². The quantitative estimate of drug-likeness (QED) is 0.579. The van der Waals surface area contributed by atoms with Gasteiger partial charge in [-0.2, -0.15) is 4.31 Å². The summed E-state index contributed by atoms with van der Waals surface area (Å²) < 4.78 is 41.4. The fourth-order valence-corrected chi connectivity index (χ4v) is 4.35. The Balaban J connectivity index is 2.41. The molecule has 0 radical (unpaired) electrons. The second-order valence-corrected chi connectivity index (χ2v) is 9.46. The summed E-state index contributed by atoms with van der Waals surface area (Å²) in [6, 6.07) is 14.2. The van der Waals surface area contributed by atoms with E-state index in [-0.39, 0.29) is 13.1 Å². The van der Waals surface area contributed by atoms with Gasteiger partial charge in [0.25, 0.3) is 0 Å². The minimum Gasteiger partial charge on any atom is -0.497 e. The summed E-state index contributed by atoms with van der Waals surface area (Å²) in [5.41, 5.74) is 1.53. The van der Waals surface area contributed by atoms with Crippen molar-refractivity contribution >= 4 is 16.0 Å². The Morgan fingerprint density at radius 3 is 1.52 bits per heavy atom. The number of hydrogen-bond acceptors (Lipinski definition) is 6. The second-order valence-electron chi connectivity index (χ2n) is 6.97. The molecule has 29 heavy (non-hydrogen) atoms. The lowest BCUT2D eigenvalue weighted by Gasteiger charge is -2.30. The zero-order valence-corrected chi connectivity index (χ0v) is 18.2. The van der Waals surface area contributed by atoms with Crippen LogP contribution in [-0.2, 0) is 32.6 Å². The fourth-order valence-electron chi connectivity index (χ4n) is 2.77. The van der Waals surface area contributed by atoms with E-state index in [1.165, 1.54) is 25.3 Å². The van der Waals surface area contributed by atoms with E-state index in [0.717, 1.165) is 11.1 Å². The van der Waals surface area contributed by atoms with Gasteiger partial charge in [0.15, 0.2) is 4.75 Å². The molecule has 0 saturated heterocycles. The number of rotatable bonds is 9. The maximum absolute atomic E-state index is 13.4. The predicted molar refractivity (Wildman–Crippen MR) is 110 cm³/mol. The van der Waals surface area contributed by atoms with Gasteiger partial charge in [0.1, 0.15) is 11.5 Å². The Hall–Kier alpha value is -2.58. The number of benzene rings is 2. The van der Waals surface area contributed by atoms with Crippen molar-refractivity contribution in [1.82, 2.24) is 4.31 Å². The maximum atomic E-state index is 13.4. The molecular weight excluding hydrogens is 394 g/mol. The van der Waals surface area contributed by atoms with E-state index in [2.05, 4.69) is 0 Å². The van der Waals surface area contributed by atoms with E-state index in [4.69, 9.17) is 14.2 Å². The summed E-state index contributed by atoms with van der Waals surface area (Å²) in [5, 5.41) is 0. The third-order valence-electron chi connectivity index (χ3n) is 4.70. The molecule has 0 amide bonds. The number of ether oxygens (including phenoxy) is 3. The molecule has 0 atom stereocenters. The molecule has 0 heterocycles. The number of carbonyl (C=O) groups is 1. The molecule has 2 aromatic rings. The second kappa shape index (κ2) is 9.28. The van der Waals surface area contributed by atoms with Crippen molar-refractivity contribution in [2.45, 2.75) is 31.7 Å². The Morgan fingerprint density at radius 1 is 0.828 bits per heavy atom. The van der Waals surface area contributed by atoms with E-state index in [9.17, 15) is 13.2 Å². The van der Waals surface area contributed by atoms with Gasteiger partial charge in [0, 0.05) is 13.1 Å². The Morgan fingerprint density at radius 2 is 1.21 bits per heavy atom. The molecule has 7 nitrogen and oxygen atoms in total. The van der Waals surface area contributed by atoms with Gasteiger partial charge in [-0.1, -0.05) is 24.3 Å². The minimum absolute atomic E-state index is 0.0960. The van der Waals surface area contributed by atoms with Crippen molar-refractivity contribution in [2.75, 3.05) is 21.3 Å². The van der Waals surface area contributed by atoms with Crippen LogP contribution in [-0.4, -0.2) is 44.8 Å². The van der Waals surface area contributed by atoms with Crippen molar-refractivity contribution in [2.24, 2.45) is 0 Å². The standard InChI is InChI=1S/C21H27NO6S/c1-21(2,20(23)28-5)29(24,25)22(14-16-6-10-18(26-3)11-7-16)15-17-8-12-19(27-4)13-9-17/h6-13H,14-15H2,1-5H3. The van der Waals surface area contributed by atoms with Crippen LogP contribution in [0.1, 0.15) is 25.0 Å². The molecule has 8 heteroatoms. The third kappa shape index (κ3) is 5.07. The topological polar surface area (TPSA) is 82.1 Å². The highest BCUT2D eigenvalue weighted by molar-refractivity contribution is 7.91. The number of hydrogen-bond donors (Lipinski definition) is 0. The molecule has 0 aliphatic carbocycles. The molecule has 0 bridgehead atoms. The minimum atomic E-state index is -4.04. The normalized spacial score (nSPS) is 11.9. The fraction of sp³-hybridized carbons (Fsp3) is 0.381. The smallest absolute Gasteiger partial charge is 0.328 e. The molecule has 0 unspecified atom stereocenters. The van der Waals surface area contributed by atoms with Crippen LogP contribution < -0.4 is 9.47 Å². The summed E-state index contributed by atoms with van der Waals surface area (Å²) >= 11 is 0. The first-order valence-electron chi connectivity index (χ1n) is 8.99. The average molecular weight is 422 g/mol. The first kappa shape index (κ1) is 22.7. The van der Waals surface area contributed by atoms with Crippen LogP contribution in [0, 0.1) is 0 Å². The Bertz CT molecular complexity index is 871. The van der Waals surface area contributed by atoms with E-state index in [1.54, 1.807) is 62.8 Å². The zero-order chi connectivity index (χ0) is 21.7. The molecule has 0 aliphatic heterocycles. The number of carbonyl (C=O) groups excluding carboxylic acids is 1. The molecule has 0 fully saturated rings. The molecule has 0 saturated carbocycles. The van der Waals surface area contributed by atoms with Gasteiger partial charge in [-0.25, -0.2) is 8.42 Å². The highest BCUT2D eigenvalue weighted by atomic mass is 32.2. The van der Waals surface area contributed by atoms with Crippen LogP contribution in [0.4, 0.5) is 0 Å². The van der Waals surface area contributed by atoms with E-state index < -0.39 is 20.7 Å². The lowest BCUT2D eigenvalue weighted by Crippen LogP contribution is -2.49. The Kier molecular flexibility index (Phi) is 7.26. The van der Waals surface area contributed by atoms with Crippen molar-refractivity contribution in [3.63, 3.8) is 0 Å². The van der Waals surface area contributed by atoms with Crippen LogP contribution >= 0.6 is 0 Å². The third-order valence-corrected chi connectivity index (χ3v) is 7.09. The monoisotopic (exact) mass is 421 g/mol. The van der Waals surface area contributed by atoms with Crippen LogP contribution in [0.3, 0.4) is 0 Å². The van der Waals surface area contributed by atoms with Crippen molar-refractivity contribution in [3.8, 4) is 11.5 Å². The number of methoxy groups -OCH3 is 3. The van der Waals surface area contributed by atoms with E-state index >= 15 is 0 Å². The summed E-state index contributed by atoms with van der Waals surface area (Å²) in [7, 11) is 0.262. The average Bonchev–Trinajstić information content (AvgIpc) is 2.73. The van der Waals surface area contributed by atoms with Gasteiger partial charge in [0.05, 0.1) is 21.3 Å². The molecule has 2 rings (SSSR count). The lowest BCUT2D eigenvalue weighted by molar-refractivity contribution is -0.142. The first-order valence-corrected chi connectivity index (χ1v) is 10.4. The molecule has 158 valence electrons. The molecular formula is C21H27NO6S. The SMILES string of the molecule is COC(=O)C(C)(C)S(=O)(=O)N(Cc1ccc(OC)cc1)Cc1ccc(OC)cc1. The van der Waals surface area contributed by atoms with Crippen LogP contribution in [0.2, 0.25) is 0 Å². The van der Waals surface area contributed by atoms with Crippen molar-refractivity contribution in [3.05, 3.63) is 59.7 Å². The number of esters is 1. The summed E-state index contributed by atoms with van der Waals surface area (Å²) in [5.74, 6) is 0.536. The van der Waals surface area contributed by atoms with E-state index in [0.29, 0.717) is 11.5 Å². The zero-order valence-electron chi connectivity index (χ0n) is 17.3. The maximum Gasteiger partial charge on any atom is 0.328 e. The van der Waals surface area contributed by atoms with Gasteiger partial charge in [-0.3, -0.25) is 4.79 Å². The molecule has 0 spiro atoms.